The molecule has 112 valence electrons. The summed E-state index contributed by atoms with van der Waals surface area (Å²) in [5, 5.41) is 2.69. The summed E-state index contributed by atoms with van der Waals surface area (Å²) in [5.41, 5.74) is 6.77. The summed E-state index contributed by atoms with van der Waals surface area (Å²) in [6, 6.07) is 3.29. The van der Waals surface area contributed by atoms with Crippen LogP contribution in [0, 0.1) is 0 Å². The number of hydrogen-bond acceptors (Lipinski definition) is 5. The Morgan fingerprint density at radius 3 is 2.80 bits per heavy atom. The minimum Gasteiger partial charge on any atom is -0.454 e. The number of benzene rings is 1. The molecule has 20 heavy (non-hydrogen) atoms. The van der Waals surface area contributed by atoms with Gasteiger partial charge in [-0.25, -0.2) is 0 Å². The van der Waals surface area contributed by atoms with E-state index in [1.54, 1.807) is 12.1 Å². The molecule has 7 heteroatoms. The fourth-order valence-corrected chi connectivity index (χ4v) is 1.66. The van der Waals surface area contributed by atoms with Crippen LogP contribution in [0.15, 0.2) is 12.1 Å². The lowest BCUT2D eigenvalue weighted by Gasteiger charge is -2.09. The van der Waals surface area contributed by atoms with Gasteiger partial charge in [0.05, 0.1) is 11.4 Å². The van der Waals surface area contributed by atoms with Gasteiger partial charge >= 0.3 is 0 Å². The first-order valence-electron chi connectivity index (χ1n) is 6.27. The lowest BCUT2D eigenvalue weighted by atomic mass is 10.2. The van der Waals surface area contributed by atoms with E-state index in [2.05, 4.69) is 12.2 Å². The molecule has 0 aliphatic carbocycles. The van der Waals surface area contributed by atoms with Crippen LogP contribution in [0.25, 0.3) is 0 Å². The average Bonchev–Trinajstić information content (AvgIpc) is 2.82. The number of ether oxygens (including phenoxy) is 3. The topological polar surface area (TPSA) is 82.8 Å². The van der Waals surface area contributed by atoms with Crippen LogP contribution >= 0.6 is 12.4 Å². The molecule has 1 heterocycles. The molecular formula is C13H19ClN2O4. The predicted molar refractivity (Wildman–Crippen MR) is 78.6 cm³/mol. The van der Waals surface area contributed by atoms with E-state index in [1.807, 2.05) is 0 Å². The van der Waals surface area contributed by atoms with Gasteiger partial charge in [-0.3, -0.25) is 4.79 Å². The third-order valence-corrected chi connectivity index (χ3v) is 2.69. The number of nitrogens with two attached hydrogens (primary N) is 1. The number of hydrogen-bond donors (Lipinski definition) is 2. The highest BCUT2D eigenvalue weighted by Gasteiger charge is 2.17. The summed E-state index contributed by atoms with van der Waals surface area (Å²) in [6.07, 6.45) is 1.98. The molecule has 0 unspecified atom stereocenters. The van der Waals surface area contributed by atoms with Gasteiger partial charge in [0, 0.05) is 18.7 Å². The van der Waals surface area contributed by atoms with Gasteiger partial charge in [0.25, 0.3) is 0 Å². The van der Waals surface area contributed by atoms with Gasteiger partial charge in [-0.15, -0.1) is 12.4 Å². The van der Waals surface area contributed by atoms with Crippen molar-refractivity contribution in [3.63, 3.8) is 0 Å². The smallest absolute Gasteiger partial charge is 0.250 e. The summed E-state index contributed by atoms with van der Waals surface area (Å²) >= 11 is 0. The number of carbonyl (C=O) groups excluding carboxylic acids is 1. The highest BCUT2D eigenvalue weighted by molar-refractivity contribution is 5.95. The third kappa shape index (κ3) is 4.18. The molecule has 0 fully saturated rings. The van der Waals surface area contributed by atoms with E-state index >= 15 is 0 Å². The molecule has 3 N–H and O–H groups in total. The van der Waals surface area contributed by atoms with Gasteiger partial charge < -0.3 is 25.3 Å². The van der Waals surface area contributed by atoms with Gasteiger partial charge in [0.2, 0.25) is 12.7 Å². The Hall–Kier alpha value is -1.66. The lowest BCUT2D eigenvalue weighted by Crippen LogP contribution is -2.19. The molecule has 0 saturated heterocycles. The Labute approximate surface area is 124 Å². The Balaban J connectivity index is 0.00000200. The van der Waals surface area contributed by atoms with E-state index in [4.69, 9.17) is 19.9 Å². The fraction of sp³-hybridized carbons (Fsp3) is 0.462. The van der Waals surface area contributed by atoms with Crippen molar-refractivity contribution < 1.29 is 19.0 Å². The Morgan fingerprint density at radius 2 is 2.10 bits per heavy atom. The van der Waals surface area contributed by atoms with Gasteiger partial charge in [0.15, 0.2) is 11.5 Å². The molecule has 1 amide bonds. The van der Waals surface area contributed by atoms with Crippen LogP contribution in [-0.4, -0.2) is 25.9 Å². The number of fused-ring (bicyclic) bond motifs is 1. The largest absolute Gasteiger partial charge is 0.454 e. The molecule has 1 aromatic rings. The molecule has 1 aliphatic heterocycles. The van der Waals surface area contributed by atoms with E-state index in [-0.39, 0.29) is 31.7 Å². The molecular weight excluding hydrogens is 284 g/mol. The maximum atomic E-state index is 11.7. The first-order chi connectivity index (χ1) is 9.20. The Bertz CT molecular complexity index is 468. The molecule has 0 radical (unpaired) electrons. The standard InChI is InChI=1S/C13H18N2O4.ClH/c1-2-3-4-17-7-13(16)15-10-6-12-11(5-9(10)14)18-8-19-12;/h5-6H,2-4,7-8,14H2,1H3,(H,15,16);1H. The van der Waals surface area contributed by atoms with E-state index in [9.17, 15) is 4.79 Å². The van der Waals surface area contributed by atoms with Gasteiger partial charge in [-0.1, -0.05) is 13.3 Å². The summed E-state index contributed by atoms with van der Waals surface area (Å²) < 4.78 is 15.7. The van der Waals surface area contributed by atoms with Crippen molar-refractivity contribution in [1.82, 2.24) is 0 Å². The van der Waals surface area contributed by atoms with E-state index < -0.39 is 0 Å². The van der Waals surface area contributed by atoms with E-state index in [0.717, 1.165) is 12.8 Å². The first kappa shape index (κ1) is 16.4. The molecule has 0 aromatic heterocycles. The van der Waals surface area contributed by atoms with Crippen molar-refractivity contribution in [3.8, 4) is 11.5 Å². The molecule has 0 bridgehead atoms. The molecule has 6 nitrogen and oxygen atoms in total. The number of halogens is 1. The summed E-state index contributed by atoms with van der Waals surface area (Å²) in [4.78, 5) is 11.7. The number of carbonyl (C=O) groups is 1. The molecule has 0 spiro atoms. The predicted octanol–water partition coefficient (Wildman–Crippen LogP) is 2.17. The summed E-state index contributed by atoms with van der Waals surface area (Å²) in [5.74, 6) is 0.938. The SMILES string of the molecule is CCCCOCC(=O)Nc1cc2c(cc1N)OCO2.Cl. The van der Waals surface area contributed by atoms with Crippen LogP contribution in [0.4, 0.5) is 11.4 Å². The van der Waals surface area contributed by atoms with Crippen molar-refractivity contribution >= 4 is 29.7 Å². The molecule has 1 aliphatic rings. The second kappa shape index (κ2) is 7.81. The van der Waals surface area contributed by atoms with E-state index in [1.165, 1.54) is 0 Å². The van der Waals surface area contributed by atoms with Crippen molar-refractivity contribution in [3.05, 3.63) is 12.1 Å². The highest BCUT2D eigenvalue weighted by Crippen LogP contribution is 2.38. The zero-order valence-electron chi connectivity index (χ0n) is 11.3. The monoisotopic (exact) mass is 302 g/mol. The fourth-order valence-electron chi connectivity index (χ4n) is 1.66. The number of amides is 1. The summed E-state index contributed by atoms with van der Waals surface area (Å²) in [7, 11) is 0. The summed E-state index contributed by atoms with van der Waals surface area (Å²) in [6.45, 7) is 2.84. The van der Waals surface area contributed by atoms with Gasteiger partial charge in [-0.2, -0.15) is 0 Å². The Kier molecular flexibility index (Phi) is 6.41. The van der Waals surface area contributed by atoms with Crippen LogP contribution in [-0.2, 0) is 9.53 Å². The van der Waals surface area contributed by atoms with Crippen LogP contribution in [0.5, 0.6) is 11.5 Å². The average molecular weight is 303 g/mol. The maximum Gasteiger partial charge on any atom is 0.250 e. The van der Waals surface area contributed by atoms with Gasteiger partial charge in [0.1, 0.15) is 6.61 Å². The number of nitrogens with one attached hydrogen (secondary N) is 1. The highest BCUT2D eigenvalue weighted by atomic mass is 35.5. The quantitative estimate of drug-likeness (QED) is 0.621. The zero-order chi connectivity index (χ0) is 13.7. The van der Waals surface area contributed by atoms with Crippen LogP contribution in [0.1, 0.15) is 19.8 Å². The Morgan fingerprint density at radius 1 is 1.40 bits per heavy atom. The number of nitrogen functional groups attached to an aromatic ring is 1. The van der Waals surface area contributed by atoms with Crippen molar-refractivity contribution in [2.45, 2.75) is 19.8 Å². The van der Waals surface area contributed by atoms with Crippen LogP contribution in [0.2, 0.25) is 0 Å². The maximum absolute atomic E-state index is 11.7. The molecule has 1 aromatic carbocycles. The van der Waals surface area contributed by atoms with Crippen molar-refractivity contribution in [2.75, 3.05) is 31.1 Å². The molecule has 0 atom stereocenters. The van der Waals surface area contributed by atoms with Crippen LogP contribution < -0.4 is 20.5 Å². The van der Waals surface area contributed by atoms with Gasteiger partial charge in [-0.05, 0) is 6.42 Å². The second-order valence-corrected chi connectivity index (χ2v) is 4.25. The second-order valence-electron chi connectivity index (χ2n) is 4.25. The van der Waals surface area contributed by atoms with Crippen molar-refractivity contribution in [2.24, 2.45) is 0 Å². The number of anilines is 2. The van der Waals surface area contributed by atoms with Crippen molar-refractivity contribution in [1.29, 1.82) is 0 Å². The third-order valence-electron chi connectivity index (χ3n) is 2.69. The zero-order valence-corrected chi connectivity index (χ0v) is 12.1. The van der Waals surface area contributed by atoms with Crippen LogP contribution in [0.3, 0.4) is 0 Å². The number of rotatable bonds is 6. The first-order valence-corrected chi connectivity index (χ1v) is 6.27. The minimum absolute atomic E-state index is 0. The molecule has 0 saturated carbocycles. The van der Waals surface area contributed by atoms with E-state index in [0.29, 0.717) is 29.5 Å². The minimum atomic E-state index is -0.235. The lowest BCUT2D eigenvalue weighted by molar-refractivity contribution is -0.120. The molecule has 2 rings (SSSR count). The normalized spacial score (nSPS) is 11.8. The number of unbranched alkanes of at least 4 members (excludes halogenated alkanes) is 1.